The van der Waals surface area contributed by atoms with Gasteiger partial charge in [0.1, 0.15) is 5.75 Å². The van der Waals surface area contributed by atoms with E-state index in [2.05, 4.69) is 10.4 Å². The Kier molecular flexibility index (Phi) is 3.77. The number of anilines is 1. The van der Waals surface area contributed by atoms with Gasteiger partial charge in [-0.15, -0.1) is 0 Å². The SMILES string of the molecule is N#Cc1ccc(O)c(NC(=O)c2cccc(-n3cccn3)c2)c1. The van der Waals surface area contributed by atoms with E-state index in [0.29, 0.717) is 11.1 Å². The van der Waals surface area contributed by atoms with Gasteiger partial charge in [-0.3, -0.25) is 4.79 Å². The number of phenolic OH excluding ortho intramolecular Hbond substituents is 1. The molecular formula is C17H12N4O2. The Morgan fingerprint density at radius 2 is 2.09 bits per heavy atom. The molecule has 0 radical (unpaired) electrons. The molecule has 0 bridgehead atoms. The molecule has 0 saturated carbocycles. The van der Waals surface area contributed by atoms with Gasteiger partial charge in [-0.25, -0.2) is 4.68 Å². The number of aromatic hydroxyl groups is 1. The number of phenols is 1. The Labute approximate surface area is 132 Å². The summed E-state index contributed by atoms with van der Waals surface area (Å²) in [4.78, 5) is 12.4. The van der Waals surface area contributed by atoms with Crippen LogP contribution in [0.3, 0.4) is 0 Å². The number of hydrogen-bond acceptors (Lipinski definition) is 4. The second kappa shape index (κ2) is 6.03. The summed E-state index contributed by atoms with van der Waals surface area (Å²) in [5.74, 6) is -0.482. The van der Waals surface area contributed by atoms with Gasteiger partial charge in [0.2, 0.25) is 0 Å². The third kappa shape index (κ3) is 3.04. The highest BCUT2D eigenvalue weighted by Crippen LogP contribution is 2.24. The van der Waals surface area contributed by atoms with Crippen LogP contribution in [0.15, 0.2) is 60.9 Å². The summed E-state index contributed by atoms with van der Waals surface area (Å²) in [5.41, 5.74) is 1.71. The molecule has 2 aromatic carbocycles. The maximum atomic E-state index is 12.4. The van der Waals surface area contributed by atoms with Gasteiger partial charge >= 0.3 is 0 Å². The number of nitrogens with zero attached hydrogens (tertiary/aromatic N) is 3. The molecule has 0 fully saturated rings. The fraction of sp³-hybridized carbons (Fsp3) is 0. The van der Waals surface area contributed by atoms with Crippen LogP contribution in [-0.2, 0) is 0 Å². The van der Waals surface area contributed by atoms with Gasteiger partial charge in [-0.2, -0.15) is 10.4 Å². The zero-order chi connectivity index (χ0) is 16.2. The maximum absolute atomic E-state index is 12.4. The molecule has 0 aliphatic carbocycles. The van der Waals surface area contributed by atoms with E-state index < -0.39 is 0 Å². The molecule has 0 aliphatic rings. The summed E-state index contributed by atoms with van der Waals surface area (Å²) in [6.45, 7) is 0. The third-order valence-corrected chi connectivity index (χ3v) is 3.25. The number of benzene rings is 2. The largest absolute Gasteiger partial charge is 0.506 e. The summed E-state index contributed by atoms with van der Waals surface area (Å²) < 4.78 is 1.64. The number of hydrogen-bond donors (Lipinski definition) is 2. The molecule has 1 aromatic heterocycles. The molecule has 0 atom stereocenters. The lowest BCUT2D eigenvalue weighted by Gasteiger charge is -2.09. The Hall–Kier alpha value is -3.59. The first-order valence-corrected chi connectivity index (χ1v) is 6.82. The molecule has 23 heavy (non-hydrogen) atoms. The predicted molar refractivity (Wildman–Crippen MR) is 84.3 cm³/mol. The second-order valence-corrected chi connectivity index (χ2v) is 4.80. The van der Waals surface area contributed by atoms with Crippen LogP contribution in [0.1, 0.15) is 15.9 Å². The lowest BCUT2D eigenvalue weighted by atomic mass is 10.1. The topological polar surface area (TPSA) is 90.9 Å². The highest BCUT2D eigenvalue weighted by atomic mass is 16.3. The number of nitrogens with one attached hydrogen (secondary N) is 1. The van der Waals surface area contributed by atoms with Crippen molar-refractivity contribution in [3.63, 3.8) is 0 Å². The Bertz CT molecular complexity index is 895. The van der Waals surface area contributed by atoms with Gasteiger partial charge < -0.3 is 10.4 Å². The molecule has 0 saturated heterocycles. The Morgan fingerprint density at radius 3 is 2.83 bits per heavy atom. The van der Waals surface area contributed by atoms with E-state index in [9.17, 15) is 9.90 Å². The quantitative estimate of drug-likeness (QED) is 0.728. The zero-order valence-electron chi connectivity index (χ0n) is 12.0. The van der Waals surface area contributed by atoms with E-state index in [1.165, 1.54) is 18.2 Å². The van der Waals surface area contributed by atoms with E-state index in [1.54, 1.807) is 41.3 Å². The van der Waals surface area contributed by atoms with Crippen LogP contribution >= 0.6 is 0 Å². The molecule has 1 heterocycles. The van der Waals surface area contributed by atoms with Crippen molar-refractivity contribution in [2.75, 3.05) is 5.32 Å². The minimum atomic E-state index is -0.385. The van der Waals surface area contributed by atoms with Crippen LogP contribution in [-0.4, -0.2) is 20.8 Å². The number of rotatable bonds is 3. The molecule has 2 N–H and O–H groups in total. The second-order valence-electron chi connectivity index (χ2n) is 4.80. The van der Waals surface area contributed by atoms with Crippen LogP contribution in [0, 0.1) is 11.3 Å². The van der Waals surface area contributed by atoms with Gasteiger partial charge in [0.15, 0.2) is 0 Å². The van der Waals surface area contributed by atoms with Crippen LogP contribution in [0.5, 0.6) is 5.75 Å². The highest BCUT2D eigenvalue weighted by molar-refractivity contribution is 6.05. The summed E-state index contributed by atoms with van der Waals surface area (Å²) in [7, 11) is 0. The highest BCUT2D eigenvalue weighted by Gasteiger charge is 2.11. The molecule has 3 rings (SSSR count). The van der Waals surface area contributed by atoms with Crippen LogP contribution in [0.4, 0.5) is 5.69 Å². The van der Waals surface area contributed by atoms with Crippen molar-refractivity contribution in [2.45, 2.75) is 0 Å². The third-order valence-electron chi connectivity index (χ3n) is 3.25. The van der Waals surface area contributed by atoms with Gasteiger partial charge in [0.05, 0.1) is 23.0 Å². The molecule has 0 unspecified atom stereocenters. The van der Waals surface area contributed by atoms with Crippen LogP contribution in [0.2, 0.25) is 0 Å². The van der Waals surface area contributed by atoms with E-state index in [0.717, 1.165) is 5.69 Å². The van der Waals surface area contributed by atoms with Crippen LogP contribution < -0.4 is 5.32 Å². The number of nitriles is 1. The van der Waals surface area contributed by atoms with Crippen molar-refractivity contribution in [1.82, 2.24) is 9.78 Å². The van der Waals surface area contributed by atoms with Gasteiger partial charge in [0, 0.05) is 18.0 Å². The van der Waals surface area contributed by atoms with E-state index >= 15 is 0 Å². The molecule has 3 aromatic rings. The maximum Gasteiger partial charge on any atom is 0.255 e. The van der Waals surface area contributed by atoms with E-state index in [-0.39, 0.29) is 17.3 Å². The molecule has 0 aliphatic heterocycles. The molecule has 1 amide bonds. The van der Waals surface area contributed by atoms with Crippen molar-refractivity contribution in [3.05, 3.63) is 72.1 Å². The normalized spacial score (nSPS) is 10.0. The van der Waals surface area contributed by atoms with E-state index in [1.807, 2.05) is 12.1 Å². The van der Waals surface area contributed by atoms with Crippen LogP contribution in [0.25, 0.3) is 5.69 Å². The average molecular weight is 304 g/mol. The fourth-order valence-corrected chi connectivity index (χ4v) is 2.11. The standard InChI is InChI=1S/C17H12N4O2/c18-11-12-5-6-16(22)15(9-12)20-17(23)13-3-1-4-14(10-13)21-8-2-7-19-21/h1-10,22H,(H,20,23). The van der Waals surface area contributed by atoms with Crippen molar-refractivity contribution < 1.29 is 9.90 Å². The summed E-state index contributed by atoms with van der Waals surface area (Å²) in [6, 6.07) is 14.9. The molecule has 6 heteroatoms. The minimum Gasteiger partial charge on any atom is -0.506 e. The van der Waals surface area contributed by atoms with Gasteiger partial charge in [-0.05, 0) is 42.5 Å². The number of carbonyl (C=O) groups excluding carboxylic acids is 1. The molecular weight excluding hydrogens is 292 g/mol. The van der Waals surface area contributed by atoms with Crippen molar-refractivity contribution in [2.24, 2.45) is 0 Å². The first-order chi connectivity index (χ1) is 11.2. The predicted octanol–water partition coefficient (Wildman–Crippen LogP) is 2.70. The summed E-state index contributed by atoms with van der Waals surface area (Å²) in [6.07, 6.45) is 3.43. The summed E-state index contributed by atoms with van der Waals surface area (Å²) >= 11 is 0. The van der Waals surface area contributed by atoms with Gasteiger partial charge in [0.25, 0.3) is 5.91 Å². The smallest absolute Gasteiger partial charge is 0.255 e. The molecule has 0 spiro atoms. The number of aromatic nitrogens is 2. The van der Waals surface area contributed by atoms with Crippen molar-refractivity contribution in [3.8, 4) is 17.5 Å². The Morgan fingerprint density at radius 1 is 1.22 bits per heavy atom. The zero-order valence-corrected chi connectivity index (χ0v) is 12.0. The number of carbonyl (C=O) groups is 1. The first-order valence-electron chi connectivity index (χ1n) is 6.82. The first kappa shape index (κ1) is 14.4. The number of amides is 1. The monoisotopic (exact) mass is 304 g/mol. The van der Waals surface area contributed by atoms with E-state index in [4.69, 9.17) is 5.26 Å². The van der Waals surface area contributed by atoms with Crippen molar-refractivity contribution in [1.29, 1.82) is 5.26 Å². The fourth-order valence-electron chi connectivity index (χ4n) is 2.11. The molecule has 112 valence electrons. The molecule has 6 nitrogen and oxygen atoms in total. The lowest BCUT2D eigenvalue weighted by Crippen LogP contribution is -2.12. The Balaban J connectivity index is 1.87. The van der Waals surface area contributed by atoms with Crippen molar-refractivity contribution >= 4 is 11.6 Å². The average Bonchev–Trinajstić information content (AvgIpc) is 3.11. The lowest BCUT2D eigenvalue weighted by molar-refractivity contribution is 0.102. The summed E-state index contributed by atoms with van der Waals surface area (Å²) in [5, 5.41) is 25.4. The van der Waals surface area contributed by atoms with Gasteiger partial charge in [-0.1, -0.05) is 6.07 Å². The minimum absolute atomic E-state index is 0.0967.